The number of hydrogen-bond donors (Lipinski definition) is 3. The van der Waals surface area contributed by atoms with Gasteiger partial charge in [-0.05, 0) is 54.8 Å². The van der Waals surface area contributed by atoms with Gasteiger partial charge in [0, 0.05) is 68.8 Å². The Kier molecular flexibility index (Phi) is 14.5. The predicted molar refractivity (Wildman–Crippen MR) is 187 cm³/mol. The van der Waals surface area contributed by atoms with E-state index >= 15 is 0 Å². The molecule has 0 radical (unpaired) electrons. The highest BCUT2D eigenvalue weighted by Gasteiger charge is 2.42. The Morgan fingerprint density at radius 2 is 1.65 bits per heavy atom. The van der Waals surface area contributed by atoms with Crippen LogP contribution < -0.4 is 20.7 Å². The van der Waals surface area contributed by atoms with Crippen LogP contribution in [-0.4, -0.2) is 108 Å². The molecule has 0 aliphatic carbocycles. The number of alkyl carbamates (subject to hydrolysis) is 1. The third kappa shape index (κ3) is 12.2. The van der Waals surface area contributed by atoms with E-state index in [9.17, 15) is 34.1 Å². The number of carbonyl (C=O) groups excluding carboxylic acids is 5. The SMILES string of the molecule is CN(CCN(C)C(=O)c1ccc(CNC(=O)OC/C=C/COC(=O)Oc2ccc([N+](=O)[O-])cc2)cc1)C(=O)CCCC[C@H]1SC[C@H]2NC(=O)N[C@H]21. The molecular formula is C34H42N6O10S. The number of fused-ring (bicyclic) bond motifs is 1. The summed E-state index contributed by atoms with van der Waals surface area (Å²) < 4.78 is 14.8. The Morgan fingerprint density at radius 1 is 0.961 bits per heavy atom. The molecule has 17 heteroatoms. The fourth-order valence-corrected chi connectivity index (χ4v) is 6.87. The van der Waals surface area contributed by atoms with Gasteiger partial charge in [-0.2, -0.15) is 11.8 Å². The Hall–Kier alpha value is -5.32. The molecule has 16 nitrogen and oxygen atoms in total. The first-order valence-electron chi connectivity index (χ1n) is 16.4. The van der Waals surface area contributed by atoms with E-state index in [0.29, 0.717) is 30.3 Å². The third-order valence-corrected chi connectivity index (χ3v) is 9.78. The topological polar surface area (TPSA) is 199 Å². The molecule has 2 aliphatic heterocycles. The zero-order valence-corrected chi connectivity index (χ0v) is 29.2. The first kappa shape index (κ1) is 38.5. The summed E-state index contributed by atoms with van der Waals surface area (Å²) in [6.07, 6.45) is 4.34. The third-order valence-electron chi connectivity index (χ3n) is 8.27. The molecule has 2 saturated heterocycles. The number of non-ortho nitro benzene ring substituents is 1. The van der Waals surface area contributed by atoms with E-state index in [1.165, 1.54) is 36.4 Å². The predicted octanol–water partition coefficient (Wildman–Crippen LogP) is 3.85. The smallest absolute Gasteiger partial charge is 0.445 e. The van der Waals surface area contributed by atoms with Crippen molar-refractivity contribution in [3.05, 3.63) is 81.9 Å². The number of rotatable bonds is 17. The minimum atomic E-state index is -0.998. The molecule has 2 aromatic rings. The summed E-state index contributed by atoms with van der Waals surface area (Å²) in [4.78, 5) is 74.1. The summed E-state index contributed by atoms with van der Waals surface area (Å²) in [6, 6.07) is 12.0. The Morgan fingerprint density at radius 3 is 2.35 bits per heavy atom. The fraction of sp³-hybridized carbons (Fsp3) is 0.441. The molecule has 2 heterocycles. The zero-order valence-electron chi connectivity index (χ0n) is 28.4. The molecule has 0 unspecified atom stereocenters. The van der Waals surface area contributed by atoms with E-state index in [2.05, 4.69) is 16.0 Å². The lowest BCUT2D eigenvalue weighted by Crippen LogP contribution is -2.37. The van der Waals surface area contributed by atoms with E-state index in [4.69, 9.17) is 14.2 Å². The molecule has 2 aliphatic rings. The Bertz CT molecular complexity index is 1570. The number of likely N-dealkylation sites (N-methyl/N-ethyl adjacent to an activating group) is 2. The molecule has 2 fully saturated rings. The number of nitrogens with one attached hydrogen (secondary N) is 3. The van der Waals surface area contributed by atoms with Crippen LogP contribution in [0.5, 0.6) is 5.75 Å². The first-order chi connectivity index (χ1) is 24.5. The average Bonchev–Trinajstić information content (AvgIpc) is 3.68. The molecule has 0 aromatic heterocycles. The second-order valence-corrected chi connectivity index (χ2v) is 13.2. The number of amides is 5. The second-order valence-electron chi connectivity index (χ2n) is 11.9. The lowest BCUT2D eigenvalue weighted by molar-refractivity contribution is -0.384. The van der Waals surface area contributed by atoms with Crippen LogP contribution in [0.1, 0.15) is 41.6 Å². The van der Waals surface area contributed by atoms with Gasteiger partial charge in [-0.25, -0.2) is 14.4 Å². The summed E-state index contributed by atoms with van der Waals surface area (Å²) in [5.74, 6) is 0.850. The van der Waals surface area contributed by atoms with E-state index < -0.39 is 17.2 Å². The number of benzene rings is 2. The second kappa shape index (κ2) is 19.2. The van der Waals surface area contributed by atoms with Crippen molar-refractivity contribution in [2.75, 3.05) is 46.2 Å². The molecule has 4 rings (SSSR count). The fourth-order valence-electron chi connectivity index (χ4n) is 5.33. The summed E-state index contributed by atoms with van der Waals surface area (Å²) >= 11 is 1.87. The molecule has 0 saturated carbocycles. The summed E-state index contributed by atoms with van der Waals surface area (Å²) in [6.45, 7) is 0.732. The van der Waals surface area contributed by atoms with Gasteiger partial charge in [0.2, 0.25) is 5.91 Å². The molecule has 0 spiro atoms. The number of thioether (sulfide) groups is 1. The van der Waals surface area contributed by atoms with Crippen LogP contribution in [0.2, 0.25) is 0 Å². The molecule has 51 heavy (non-hydrogen) atoms. The number of nitro benzene ring substituents is 1. The van der Waals surface area contributed by atoms with Crippen molar-refractivity contribution in [1.29, 1.82) is 0 Å². The number of nitro groups is 1. The minimum absolute atomic E-state index is 0.0319. The Balaban J connectivity index is 1.04. The number of urea groups is 1. The van der Waals surface area contributed by atoms with Gasteiger partial charge in [-0.1, -0.05) is 18.6 Å². The van der Waals surface area contributed by atoms with Crippen LogP contribution in [0.15, 0.2) is 60.7 Å². The zero-order chi connectivity index (χ0) is 36.8. The maximum atomic E-state index is 12.9. The number of hydrogen-bond acceptors (Lipinski definition) is 11. The number of carbonyl (C=O) groups is 5. The number of nitrogens with zero attached hydrogens (tertiary/aromatic N) is 3. The summed E-state index contributed by atoms with van der Waals surface area (Å²) in [5, 5.41) is 19.6. The highest BCUT2D eigenvalue weighted by Crippen LogP contribution is 2.33. The molecule has 274 valence electrons. The van der Waals surface area contributed by atoms with Crippen molar-refractivity contribution in [3.63, 3.8) is 0 Å². The van der Waals surface area contributed by atoms with Crippen LogP contribution in [0, 0.1) is 10.1 Å². The van der Waals surface area contributed by atoms with Gasteiger partial charge in [-0.3, -0.25) is 19.7 Å². The lowest BCUT2D eigenvalue weighted by Gasteiger charge is -2.23. The van der Waals surface area contributed by atoms with Crippen molar-refractivity contribution in [1.82, 2.24) is 25.8 Å². The van der Waals surface area contributed by atoms with Crippen molar-refractivity contribution in [2.45, 2.75) is 49.6 Å². The van der Waals surface area contributed by atoms with Gasteiger partial charge in [-0.15, -0.1) is 0 Å². The van der Waals surface area contributed by atoms with Gasteiger partial charge in [0.05, 0.1) is 17.0 Å². The monoisotopic (exact) mass is 726 g/mol. The summed E-state index contributed by atoms with van der Waals surface area (Å²) in [7, 11) is 3.42. The Labute approximate surface area is 299 Å². The average molecular weight is 727 g/mol. The molecular weight excluding hydrogens is 684 g/mol. The largest absolute Gasteiger partial charge is 0.514 e. The molecule has 5 amide bonds. The van der Waals surface area contributed by atoms with Crippen molar-refractivity contribution in [3.8, 4) is 5.75 Å². The van der Waals surface area contributed by atoms with Crippen LogP contribution in [0.4, 0.5) is 20.1 Å². The minimum Gasteiger partial charge on any atom is -0.445 e. The van der Waals surface area contributed by atoms with Gasteiger partial charge in [0.25, 0.3) is 11.6 Å². The van der Waals surface area contributed by atoms with E-state index in [1.54, 1.807) is 48.2 Å². The standard InChI is InChI=1S/C34H42N6O10S/c1-38(29(41)8-4-3-7-28-30-27(22-51-28)36-32(43)37-30)17-18-39(2)31(42)24-11-9-23(10-12-24)21-35-33(44)48-19-5-6-20-49-34(45)50-26-15-13-25(14-16-26)40(46)47/h5-6,9-16,27-28,30H,3-4,7-8,17-22H2,1-2H3,(H,35,44)(H2,36,37,43)/b6-5+/t27-,28-,30-/m1/s1. The molecule has 3 N–H and O–H groups in total. The van der Waals surface area contributed by atoms with Crippen molar-refractivity contribution >= 4 is 47.5 Å². The van der Waals surface area contributed by atoms with E-state index in [0.717, 1.165) is 30.6 Å². The highest BCUT2D eigenvalue weighted by atomic mass is 32.2. The van der Waals surface area contributed by atoms with Crippen LogP contribution in [-0.2, 0) is 20.8 Å². The highest BCUT2D eigenvalue weighted by molar-refractivity contribution is 8.00. The maximum absolute atomic E-state index is 12.9. The number of ether oxygens (including phenoxy) is 3. The van der Waals surface area contributed by atoms with Gasteiger partial charge in [0.15, 0.2) is 0 Å². The van der Waals surface area contributed by atoms with E-state index in [-0.39, 0.29) is 61.1 Å². The first-order valence-corrected chi connectivity index (χ1v) is 17.5. The molecule has 2 aromatic carbocycles. The van der Waals surface area contributed by atoms with Crippen molar-refractivity contribution in [2.24, 2.45) is 0 Å². The van der Waals surface area contributed by atoms with Crippen LogP contribution in [0.25, 0.3) is 0 Å². The van der Waals surface area contributed by atoms with Gasteiger partial charge < -0.3 is 40.0 Å². The van der Waals surface area contributed by atoms with Crippen molar-refractivity contribution < 1.29 is 43.1 Å². The number of unbranched alkanes of at least 4 members (excludes halogenated alkanes) is 1. The maximum Gasteiger partial charge on any atom is 0.514 e. The lowest BCUT2D eigenvalue weighted by atomic mass is 10.0. The quantitative estimate of drug-likeness (QED) is 0.0407. The normalized spacial score (nSPS) is 17.5. The van der Waals surface area contributed by atoms with Crippen LogP contribution in [0.3, 0.4) is 0 Å². The van der Waals surface area contributed by atoms with Gasteiger partial charge >= 0.3 is 18.3 Å². The van der Waals surface area contributed by atoms with E-state index in [1.807, 2.05) is 11.8 Å². The molecule has 3 atom stereocenters. The van der Waals surface area contributed by atoms with Gasteiger partial charge in [0.1, 0.15) is 19.0 Å². The van der Waals surface area contributed by atoms with Crippen LogP contribution >= 0.6 is 11.8 Å². The molecule has 0 bridgehead atoms. The summed E-state index contributed by atoms with van der Waals surface area (Å²) in [5.41, 5.74) is 1.09.